The molecule has 0 aliphatic rings. The van der Waals surface area contributed by atoms with Crippen LogP contribution in [0.4, 0.5) is 4.39 Å². The highest BCUT2D eigenvalue weighted by molar-refractivity contribution is 5.37. The first kappa shape index (κ1) is 17.9. The van der Waals surface area contributed by atoms with Gasteiger partial charge in [0.1, 0.15) is 11.6 Å². The lowest BCUT2D eigenvalue weighted by atomic mass is 10.1. The highest BCUT2D eigenvalue weighted by Crippen LogP contribution is 2.28. The third-order valence-corrected chi connectivity index (χ3v) is 3.66. The summed E-state index contributed by atoms with van der Waals surface area (Å²) in [6.45, 7) is 9.41. The highest BCUT2D eigenvalue weighted by Gasteiger charge is 2.19. The van der Waals surface area contributed by atoms with Gasteiger partial charge in [-0.3, -0.25) is 0 Å². The molecule has 1 rings (SSSR count). The van der Waals surface area contributed by atoms with E-state index in [9.17, 15) is 4.39 Å². The topological polar surface area (TPSA) is 30.5 Å². The Morgan fingerprint density at radius 3 is 2.67 bits per heavy atom. The van der Waals surface area contributed by atoms with Crippen molar-refractivity contribution >= 4 is 0 Å². The fourth-order valence-electron chi connectivity index (χ4n) is 2.04. The molecule has 0 fully saturated rings. The summed E-state index contributed by atoms with van der Waals surface area (Å²) in [7, 11) is 1.68. The third kappa shape index (κ3) is 5.64. The number of methoxy groups -OCH3 is 1. The summed E-state index contributed by atoms with van der Waals surface area (Å²) in [4.78, 5) is 0. The Morgan fingerprint density at radius 1 is 1.33 bits per heavy atom. The van der Waals surface area contributed by atoms with Crippen LogP contribution in [0.5, 0.6) is 5.75 Å². The predicted octanol–water partition coefficient (Wildman–Crippen LogP) is 4.08. The van der Waals surface area contributed by atoms with Crippen molar-refractivity contribution in [2.45, 2.75) is 52.2 Å². The van der Waals surface area contributed by atoms with Crippen LogP contribution in [0, 0.1) is 5.82 Å². The first-order valence-electron chi connectivity index (χ1n) is 7.61. The Hall–Kier alpha value is -1.13. The molecule has 0 bridgehead atoms. The summed E-state index contributed by atoms with van der Waals surface area (Å²) < 4.78 is 25.3. The normalized spacial score (nSPS) is 13.2. The smallest absolute Gasteiger partial charge is 0.131 e. The molecule has 0 aliphatic heterocycles. The first-order valence-corrected chi connectivity index (χ1v) is 7.61. The van der Waals surface area contributed by atoms with Gasteiger partial charge in [0.25, 0.3) is 0 Å². The van der Waals surface area contributed by atoms with Crippen molar-refractivity contribution in [3.63, 3.8) is 0 Å². The number of benzene rings is 1. The molecule has 0 saturated heterocycles. The van der Waals surface area contributed by atoms with Gasteiger partial charge in [-0.1, -0.05) is 13.0 Å². The van der Waals surface area contributed by atoms with Gasteiger partial charge in [0.05, 0.1) is 12.2 Å². The lowest BCUT2D eigenvalue weighted by molar-refractivity contribution is 0.00532. The van der Waals surface area contributed by atoms with Gasteiger partial charge in [-0.25, -0.2) is 4.39 Å². The van der Waals surface area contributed by atoms with Crippen molar-refractivity contribution in [2.24, 2.45) is 0 Å². The number of hydrogen-bond acceptors (Lipinski definition) is 3. The summed E-state index contributed by atoms with van der Waals surface area (Å²) in [5.74, 6) is 0.382. The maximum Gasteiger partial charge on any atom is 0.131 e. The average Bonchev–Trinajstić information content (AvgIpc) is 2.44. The number of hydrogen-bond donors (Lipinski definition) is 1. The van der Waals surface area contributed by atoms with E-state index in [1.165, 1.54) is 6.07 Å². The SMILES string of the molecule is CCCNC(C)c1c(F)cccc1OCCC(C)(C)OC. The van der Waals surface area contributed by atoms with Gasteiger partial charge in [-0.15, -0.1) is 0 Å². The van der Waals surface area contributed by atoms with Crippen LogP contribution in [0.3, 0.4) is 0 Å². The van der Waals surface area contributed by atoms with Crippen molar-refractivity contribution < 1.29 is 13.9 Å². The third-order valence-electron chi connectivity index (χ3n) is 3.66. The van der Waals surface area contributed by atoms with E-state index in [0.717, 1.165) is 19.4 Å². The van der Waals surface area contributed by atoms with Gasteiger partial charge in [0.2, 0.25) is 0 Å². The number of halogens is 1. The summed E-state index contributed by atoms with van der Waals surface area (Å²) >= 11 is 0. The quantitative estimate of drug-likeness (QED) is 0.745. The zero-order chi connectivity index (χ0) is 15.9. The lowest BCUT2D eigenvalue weighted by Gasteiger charge is -2.24. The molecule has 1 unspecified atom stereocenters. The Balaban J connectivity index is 2.75. The molecule has 0 spiro atoms. The fraction of sp³-hybridized carbons (Fsp3) is 0.647. The van der Waals surface area contributed by atoms with Crippen LogP contribution in [0.2, 0.25) is 0 Å². The largest absolute Gasteiger partial charge is 0.493 e. The number of rotatable bonds is 9. The summed E-state index contributed by atoms with van der Waals surface area (Å²) in [6, 6.07) is 4.91. The van der Waals surface area contributed by atoms with E-state index in [-0.39, 0.29) is 17.5 Å². The van der Waals surface area contributed by atoms with Gasteiger partial charge in [-0.2, -0.15) is 0 Å². The molecule has 21 heavy (non-hydrogen) atoms. The van der Waals surface area contributed by atoms with Crippen LogP contribution in [-0.2, 0) is 4.74 Å². The van der Waals surface area contributed by atoms with Crippen molar-refractivity contribution in [1.82, 2.24) is 5.32 Å². The Labute approximate surface area is 127 Å². The Kier molecular flexibility index (Phi) is 7.12. The van der Waals surface area contributed by atoms with E-state index in [0.29, 0.717) is 17.9 Å². The minimum Gasteiger partial charge on any atom is -0.493 e. The second-order valence-electron chi connectivity index (χ2n) is 5.89. The van der Waals surface area contributed by atoms with E-state index < -0.39 is 0 Å². The molecule has 0 aromatic heterocycles. The van der Waals surface area contributed by atoms with Crippen molar-refractivity contribution in [2.75, 3.05) is 20.3 Å². The second-order valence-corrected chi connectivity index (χ2v) is 5.89. The average molecular weight is 297 g/mol. The molecule has 0 saturated carbocycles. The van der Waals surface area contributed by atoms with E-state index in [1.807, 2.05) is 26.8 Å². The van der Waals surface area contributed by atoms with Gasteiger partial charge in [0.15, 0.2) is 0 Å². The number of nitrogens with one attached hydrogen (secondary N) is 1. The molecule has 120 valence electrons. The van der Waals surface area contributed by atoms with E-state index in [4.69, 9.17) is 9.47 Å². The summed E-state index contributed by atoms with van der Waals surface area (Å²) in [5, 5.41) is 3.30. The van der Waals surface area contributed by atoms with Crippen LogP contribution in [0.15, 0.2) is 18.2 Å². The van der Waals surface area contributed by atoms with Gasteiger partial charge >= 0.3 is 0 Å². The van der Waals surface area contributed by atoms with Crippen LogP contribution >= 0.6 is 0 Å². The maximum absolute atomic E-state index is 14.1. The number of ether oxygens (including phenoxy) is 2. The molecule has 0 amide bonds. The lowest BCUT2D eigenvalue weighted by Crippen LogP contribution is -2.26. The monoisotopic (exact) mass is 297 g/mol. The van der Waals surface area contributed by atoms with E-state index in [1.54, 1.807) is 13.2 Å². The van der Waals surface area contributed by atoms with Crippen LogP contribution in [-0.4, -0.2) is 25.9 Å². The van der Waals surface area contributed by atoms with Crippen LogP contribution < -0.4 is 10.1 Å². The molecule has 0 radical (unpaired) electrons. The minimum absolute atomic E-state index is 0.0726. The zero-order valence-corrected chi connectivity index (χ0v) is 13.8. The van der Waals surface area contributed by atoms with Crippen molar-refractivity contribution in [3.8, 4) is 5.75 Å². The second kappa shape index (κ2) is 8.35. The Bertz CT molecular complexity index is 435. The molecule has 0 aliphatic carbocycles. The van der Waals surface area contributed by atoms with Crippen LogP contribution in [0.1, 0.15) is 52.1 Å². The molecular formula is C17H28FNO2. The van der Waals surface area contributed by atoms with Gasteiger partial charge in [0, 0.05) is 25.1 Å². The summed E-state index contributed by atoms with van der Waals surface area (Å²) in [5.41, 5.74) is 0.362. The fourth-order valence-corrected chi connectivity index (χ4v) is 2.04. The van der Waals surface area contributed by atoms with Crippen molar-refractivity contribution in [3.05, 3.63) is 29.6 Å². The molecular weight excluding hydrogens is 269 g/mol. The molecule has 0 heterocycles. The van der Waals surface area contributed by atoms with Crippen molar-refractivity contribution in [1.29, 1.82) is 0 Å². The zero-order valence-electron chi connectivity index (χ0n) is 13.8. The van der Waals surface area contributed by atoms with Gasteiger partial charge < -0.3 is 14.8 Å². The molecule has 3 nitrogen and oxygen atoms in total. The molecule has 1 atom stereocenters. The van der Waals surface area contributed by atoms with Crippen LogP contribution in [0.25, 0.3) is 0 Å². The molecule has 1 aromatic rings. The first-order chi connectivity index (χ1) is 9.91. The highest BCUT2D eigenvalue weighted by atomic mass is 19.1. The van der Waals surface area contributed by atoms with Gasteiger partial charge in [-0.05, 0) is 45.9 Å². The molecule has 1 aromatic carbocycles. The maximum atomic E-state index is 14.1. The standard InChI is InChI=1S/C17H28FNO2/c1-6-11-19-13(2)16-14(18)8-7-9-15(16)21-12-10-17(3,4)20-5/h7-9,13,19H,6,10-12H2,1-5H3. The minimum atomic E-state index is -0.237. The van der Waals surface area contributed by atoms with E-state index >= 15 is 0 Å². The Morgan fingerprint density at radius 2 is 2.05 bits per heavy atom. The molecule has 4 heteroatoms. The molecule has 1 N–H and O–H groups in total. The predicted molar refractivity (Wildman–Crippen MR) is 84.3 cm³/mol. The van der Waals surface area contributed by atoms with E-state index in [2.05, 4.69) is 12.2 Å². The summed E-state index contributed by atoms with van der Waals surface area (Å²) in [6.07, 6.45) is 1.76.